The zero-order valence-corrected chi connectivity index (χ0v) is 20.1. The van der Waals surface area contributed by atoms with Gasteiger partial charge >= 0.3 is 0 Å². The van der Waals surface area contributed by atoms with Crippen molar-refractivity contribution in [1.82, 2.24) is 35.0 Å². The van der Waals surface area contributed by atoms with Gasteiger partial charge in [0.1, 0.15) is 18.1 Å². The summed E-state index contributed by atoms with van der Waals surface area (Å²) in [5.41, 5.74) is 7.56. The molecule has 178 valence electrons. The van der Waals surface area contributed by atoms with E-state index < -0.39 is 0 Å². The van der Waals surface area contributed by atoms with E-state index >= 15 is 0 Å². The molecule has 5 aromatic heterocycles. The minimum atomic E-state index is 0.610. The first kappa shape index (κ1) is 21.9. The van der Waals surface area contributed by atoms with Gasteiger partial charge in [-0.2, -0.15) is 5.10 Å². The number of pyridine rings is 3. The summed E-state index contributed by atoms with van der Waals surface area (Å²) in [5, 5.41) is 9.87. The van der Waals surface area contributed by atoms with Crippen molar-refractivity contribution in [3.63, 3.8) is 0 Å². The number of rotatable bonds is 7. The topological polar surface area (TPSA) is 95.6 Å². The van der Waals surface area contributed by atoms with Gasteiger partial charge in [-0.3, -0.25) is 20.1 Å². The van der Waals surface area contributed by atoms with Crippen LogP contribution in [0.4, 0.5) is 0 Å². The number of nitrogens with one attached hydrogen (secondary N) is 2. The van der Waals surface area contributed by atoms with E-state index in [0.29, 0.717) is 6.61 Å². The fourth-order valence-electron chi connectivity index (χ4n) is 4.31. The SMILES string of the molecule is CN(C)CCOc1cncc(-c2ccc3[nH]nc(-c4cc5c(-c6ccccn6)cncc5[nH]4)c3c2)c1. The van der Waals surface area contributed by atoms with Gasteiger partial charge in [-0.15, -0.1) is 0 Å². The second kappa shape index (κ2) is 9.24. The molecule has 1 aromatic carbocycles. The molecule has 8 heteroatoms. The third-order valence-corrected chi connectivity index (χ3v) is 6.16. The van der Waals surface area contributed by atoms with E-state index in [2.05, 4.69) is 53.2 Å². The molecule has 0 saturated heterocycles. The van der Waals surface area contributed by atoms with Gasteiger partial charge in [0.25, 0.3) is 0 Å². The summed E-state index contributed by atoms with van der Waals surface area (Å²) in [7, 11) is 4.05. The van der Waals surface area contributed by atoms with Crippen LogP contribution in [0.3, 0.4) is 0 Å². The quantitative estimate of drug-likeness (QED) is 0.331. The van der Waals surface area contributed by atoms with Crippen molar-refractivity contribution in [1.29, 1.82) is 0 Å². The zero-order chi connectivity index (χ0) is 24.5. The molecule has 0 aliphatic carbocycles. The fraction of sp³-hybridized carbons (Fsp3) is 0.143. The second-order valence-corrected chi connectivity index (χ2v) is 8.94. The maximum Gasteiger partial charge on any atom is 0.138 e. The van der Waals surface area contributed by atoms with E-state index in [1.807, 2.05) is 63.0 Å². The van der Waals surface area contributed by atoms with E-state index in [9.17, 15) is 0 Å². The highest BCUT2D eigenvalue weighted by Crippen LogP contribution is 2.34. The molecule has 0 atom stereocenters. The lowest BCUT2D eigenvalue weighted by molar-refractivity contribution is 0.261. The van der Waals surface area contributed by atoms with Gasteiger partial charge in [-0.1, -0.05) is 12.1 Å². The molecule has 6 aromatic rings. The van der Waals surface area contributed by atoms with Crippen LogP contribution in [0.5, 0.6) is 5.75 Å². The van der Waals surface area contributed by atoms with Crippen molar-refractivity contribution in [3.05, 3.63) is 79.5 Å². The summed E-state index contributed by atoms with van der Waals surface area (Å²) in [6.07, 6.45) is 9.08. The van der Waals surface area contributed by atoms with Crippen LogP contribution in [0.2, 0.25) is 0 Å². The van der Waals surface area contributed by atoms with Crippen LogP contribution in [-0.4, -0.2) is 62.3 Å². The van der Waals surface area contributed by atoms with E-state index in [-0.39, 0.29) is 0 Å². The Kier molecular flexibility index (Phi) is 5.63. The molecule has 0 bridgehead atoms. The highest BCUT2D eigenvalue weighted by molar-refractivity contribution is 6.01. The molecule has 8 nitrogen and oxygen atoms in total. The van der Waals surface area contributed by atoms with Crippen LogP contribution >= 0.6 is 0 Å². The molecular weight excluding hydrogens is 450 g/mol. The smallest absolute Gasteiger partial charge is 0.138 e. The summed E-state index contributed by atoms with van der Waals surface area (Å²) in [6.45, 7) is 1.45. The van der Waals surface area contributed by atoms with Gasteiger partial charge in [-0.25, -0.2) is 0 Å². The van der Waals surface area contributed by atoms with Crippen LogP contribution in [0.1, 0.15) is 0 Å². The first-order valence-electron chi connectivity index (χ1n) is 11.8. The molecule has 0 aliphatic rings. The van der Waals surface area contributed by atoms with Crippen LogP contribution in [0, 0.1) is 0 Å². The van der Waals surface area contributed by atoms with Gasteiger partial charge in [0.15, 0.2) is 0 Å². The standard InChI is InChI=1S/C28H25N7O/c1-35(2)9-10-36-20-11-19(14-29-15-20)18-6-7-25-22(12-18)28(34-33-25)26-13-21-23(16-30-17-27(21)32-26)24-5-3-4-8-31-24/h3-8,11-17,32H,9-10H2,1-2H3,(H,33,34). The van der Waals surface area contributed by atoms with Crippen molar-refractivity contribution in [2.24, 2.45) is 0 Å². The zero-order valence-electron chi connectivity index (χ0n) is 20.1. The number of aromatic amines is 2. The number of benzene rings is 1. The Balaban J connectivity index is 1.38. The lowest BCUT2D eigenvalue weighted by atomic mass is 10.0. The minimum Gasteiger partial charge on any atom is -0.491 e. The monoisotopic (exact) mass is 475 g/mol. The normalized spacial score (nSPS) is 11.5. The van der Waals surface area contributed by atoms with Gasteiger partial charge in [0.2, 0.25) is 0 Å². The number of aromatic nitrogens is 6. The van der Waals surface area contributed by atoms with Gasteiger partial charge in [0.05, 0.1) is 34.8 Å². The lowest BCUT2D eigenvalue weighted by Crippen LogP contribution is -2.19. The maximum absolute atomic E-state index is 5.89. The lowest BCUT2D eigenvalue weighted by Gasteiger charge is -2.11. The summed E-state index contributed by atoms with van der Waals surface area (Å²) < 4.78 is 5.89. The van der Waals surface area contributed by atoms with Crippen LogP contribution in [-0.2, 0) is 0 Å². The van der Waals surface area contributed by atoms with Crippen molar-refractivity contribution in [3.8, 4) is 39.5 Å². The van der Waals surface area contributed by atoms with E-state index in [4.69, 9.17) is 4.74 Å². The molecule has 0 radical (unpaired) electrons. The first-order chi connectivity index (χ1) is 17.7. The molecule has 0 spiro atoms. The Morgan fingerprint density at radius 2 is 1.78 bits per heavy atom. The maximum atomic E-state index is 5.89. The van der Waals surface area contributed by atoms with Gasteiger partial charge in [-0.05, 0) is 56.1 Å². The predicted octanol–water partition coefficient (Wildman–Crippen LogP) is 5.17. The van der Waals surface area contributed by atoms with E-state index in [0.717, 1.165) is 67.9 Å². The van der Waals surface area contributed by atoms with Crippen LogP contribution in [0.25, 0.3) is 55.6 Å². The van der Waals surface area contributed by atoms with Crippen molar-refractivity contribution in [2.45, 2.75) is 0 Å². The van der Waals surface area contributed by atoms with E-state index in [1.54, 1.807) is 12.4 Å². The number of hydrogen-bond acceptors (Lipinski definition) is 6. The number of ether oxygens (including phenoxy) is 1. The Labute approximate surface area is 208 Å². The number of hydrogen-bond donors (Lipinski definition) is 2. The second-order valence-electron chi connectivity index (χ2n) is 8.94. The molecule has 0 unspecified atom stereocenters. The molecule has 0 amide bonds. The van der Waals surface area contributed by atoms with Crippen molar-refractivity contribution >= 4 is 21.8 Å². The largest absolute Gasteiger partial charge is 0.491 e. The third-order valence-electron chi connectivity index (χ3n) is 6.16. The number of H-pyrrole nitrogens is 2. The number of nitrogens with zero attached hydrogens (tertiary/aromatic N) is 5. The highest BCUT2D eigenvalue weighted by Gasteiger charge is 2.15. The Morgan fingerprint density at radius 3 is 2.64 bits per heavy atom. The number of fused-ring (bicyclic) bond motifs is 2. The average molecular weight is 476 g/mol. The first-order valence-corrected chi connectivity index (χ1v) is 11.8. The highest BCUT2D eigenvalue weighted by atomic mass is 16.5. The fourth-order valence-corrected chi connectivity index (χ4v) is 4.31. The molecule has 2 N–H and O–H groups in total. The Morgan fingerprint density at radius 1 is 0.861 bits per heavy atom. The Bertz CT molecular complexity index is 1650. The minimum absolute atomic E-state index is 0.610. The summed E-state index contributed by atoms with van der Waals surface area (Å²) in [5.74, 6) is 0.757. The molecular formula is C28H25N7O. The van der Waals surface area contributed by atoms with Gasteiger partial charge in [0, 0.05) is 47.0 Å². The molecule has 0 saturated carbocycles. The molecule has 0 fully saturated rings. The van der Waals surface area contributed by atoms with Gasteiger partial charge < -0.3 is 14.6 Å². The predicted molar refractivity (Wildman–Crippen MR) is 142 cm³/mol. The molecule has 0 aliphatic heterocycles. The van der Waals surface area contributed by atoms with Crippen LogP contribution < -0.4 is 4.74 Å². The van der Waals surface area contributed by atoms with Crippen molar-refractivity contribution in [2.75, 3.05) is 27.2 Å². The Hall–Kier alpha value is -4.56. The summed E-state index contributed by atoms with van der Waals surface area (Å²) in [4.78, 5) is 18.9. The summed E-state index contributed by atoms with van der Waals surface area (Å²) >= 11 is 0. The summed E-state index contributed by atoms with van der Waals surface area (Å²) in [6, 6.07) is 16.3. The average Bonchev–Trinajstić information content (AvgIpc) is 3.53. The molecule has 36 heavy (non-hydrogen) atoms. The molecule has 5 heterocycles. The third kappa shape index (κ3) is 4.18. The van der Waals surface area contributed by atoms with E-state index in [1.165, 1.54) is 0 Å². The number of likely N-dealkylation sites (N-methyl/N-ethyl adjacent to an activating group) is 1. The van der Waals surface area contributed by atoms with Crippen molar-refractivity contribution < 1.29 is 4.74 Å². The molecule has 6 rings (SSSR count). The van der Waals surface area contributed by atoms with Crippen LogP contribution in [0.15, 0.2) is 79.5 Å².